The van der Waals surface area contributed by atoms with E-state index in [-0.39, 0.29) is 29.3 Å². The summed E-state index contributed by atoms with van der Waals surface area (Å²) in [7, 11) is 1.66. The average molecular weight is 294 g/mol. The van der Waals surface area contributed by atoms with Gasteiger partial charge in [-0.25, -0.2) is 0 Å². The van der Waals surface area contributed by atoms with Crippen LogP contribution in [0, 0.1) is 10.1 Å². The van der Waals surface area contributed by atoms with Gasteiger partial charge in [-0.15, -0.1) is 0 Å². The second-order valence-electron chi connectivity index (χ2n) is 4.98. The zero-order chi connectivity index (χ0) is 15.6. The van der Waals surface area contributed by atoms with Crippen molar-refractivity contribution in [2.24, 2.45) is 5.84 Å². The fourth-order valence-electron chi connectivity index (χ4n) is 2.52. The van der Waals surface area contributed by atoms with Crippen LogP contribution in [0.1, 0.15) is 23.7 Å². The Morgan fingerprint density at radius 3 is 2.81 bits per heavy atom. The second-order valence-corrected chi connectivity index (χ2v) is 4.98. The number of non-ortho nitro benzene ring substituents is 1. The van der Waals surface area contributed by atoms with E-state index in [9.17, 15) is 14.9 Å². The minimum absolute atomic E-state index is 0.0533. The first kappa shape index (κ1) is 15.2. The Kier molecular flexibility index (Phi) is 4.39. The zero-order valence-electron chi connectivity index (χ0n) is 11.9. The standard InChI is InChI=1S/C13H18N4O4/c1-8-12(5-6-21-8)16(2)13(18)10-7-9(17(19)20)3-4-11(10)15-14/h3-4,7-8,12,15H,5-6,14H2,1-2H3. The molecule has 1 saturated heterocycles. The van der Waals surface area contributed by atoms with Crippen molar-refractivity contribution in [2.75, 3.05) is 19.1 Å². The van der Waals surface area contributed by atoms with Crippen LogP contribution in [0.3, 0.4) is 0 Å². The summed E-state index contributed by atoms with van der Waals surface area (Å²) in [5.74, 6) is 5.06. The van der Waals surface area contributed by atoms with Crippen LogP contribution in [0.4, 0.5) is 11.4 Å². The van der Waals surface area contributed by atoms with Crippen LogP contribution in [-0.2, 0) is 4.74 Å². The third-order valence-electron chi connectivity index (χ3n) is 3.75. The summed E-state index contributed by atoms with van der Waals surface area (Å²) in [6.07, 6.45) is 0.677. The number of hydrazine groups is 1. The van der Waals surface area contributed by atoms with Gasteiger partial charge in [-0.2, -0.15) is 0 Å². The summed E-state index contributed by atoms with van der Waals surface area (Å²) in [5.41, 5.74) is 2.77. The molecule has 1 heterocycles. The first-order valence-electron chi connectivity index (χ1n) is 6.59. The van der Waals surface area contributed by atoms with Gasteiger partial charge in [0, 0.05) is 25.8 Å². The number of hydrogen-bond donors (Lipinski definition) is 2. The van der Waals surface area contributed by atoms with Gasteiger partial charge in [0.1, 0.15) is 0 Å². The molecule has 0 spiro atoms. The Bertz CT molecular complexity index is 563. The highest BCUT2D eigenvalue weighted by molar-refractivity contribution is 6.00. The molecular formula is C13H18N4O4. The number of nitrogens with zero attached hydrogens (tertiary/aromatic N) is 2. The molecule has 8 nitrogen and oxygen atoms in total. The second kappa shape index (κ2) is 6.06. The van der Waals surface area contributed by atoms with Gasteiger partial charge < -0.3 is 15.1 Å². The van der Waals surface area contributed by atoms with E-state index in [4.69, 9.17) is 10.6 Å². The molecule has 2 atom stereocenters. The van der Waals surface area contributed by atoms with Crippen LogP contribution in [0.25, 0.3) is 0 Å². The number of amides is 1. The summed E-state index contributed by atoms with van der Waals surface area (Å²) in [6.45, 7) is 2.50. The van der Waals surface area contributed by atoms with E-state index in [2.05, 4.69) is 5.43 Å². The Hall–Kier alpha value is -2.19. The molecule has 2 unspecified atom stereocenters. The molecule has 114 valence electrons. The third kappa shape index (κ3) is 2.96. The quantitative estimate of drug-likeness (QED) is 0.489. The number of nitrogens with two attached hydrogens (primary N) is 1. The number of nitrogens with one attached hydrogen (secondary N) is 1. The molecule has 0 aliphatic carbocycles. The molecule has 1 aromatic rings. The molecule has 0 aromatic heterocycles. The average Bonchev–Trinajstić information content (AvgIpc) is 2.91. The molecule has 0 radical (unpaired) electrons. The van der Waals surface area contributed by atoms with Crippen molar-refractivity contribution in [2.45, 2.75) is 25.5 Å². The first-order chi connectivity index (χ1) is 9.95. The SMILES string of the molecule is CC1OCCC1N(C)C(=O)c1cc([N+](=O)[O-])ccc1NN. The minimum Gasteiger partial charge on any atom is -0.376 e. The number of anilines is 1. The van der Waals surface area contributed by atoms with Crippen LogP contribution >= 0.6 is 0 Å². The van der Waals surface area contributed by atoms with Crippen molar-refractivity contribution in [3.63, 3.8) is 0 Å². The van der Waals surface area contributed by atoms with E-state index in [1.807, 2.05) is 6.92 Å². The summed E-state index contributed by atoms with van der Waals surface area (Å²) >= 11 is 0. The molecular weight excluding hydrogens is 276 g/mol. The number of nitro benzene ring substituents is 1. The molecule has 1 fully saturated rings. The van der Waals surface area contributed by atoms with E-state index in [1.54, 1.807) is 11.9 Å². The highest BCUT2D eigenvalue weighted by atomic mass is 16.6. The maximum Gasteiger partial charge on any atom is 0.270 e. The van der Waals surface area contributed by atoms with E-state index in [0.717, 1.165) is 6.42 Å². The van der Waals surface area contributed by atoms with Gasteiger partial charge in [-0.3, -0.25) is 20.8 Å². The molecule has 0 bridgehead atoms. The van der Waals surface area contributed by atoms with Crippen molar-refractivity contribution >= 4 is 17.3 Å². The predicted octanol–water partition coefficient (Wildman–Crippen LogP) is 1.13. The molecule has 0 saturated carbocycles. The van der Waals surface area contributed by atoms with Crippen LogP contribution in [0.2, 0.25) is 0 Å². The predicted molar refractivity (Wildman–Crippen MR) is 76.8 cm³/mol. The van der Waals surface area contributed by atoms with E-state index >= 15 is 0 Å². The van der Waals surface area contributed by atoms with Crippen LogP contribution < -0.4 is 11.3 Å². The fourth-order valence-corrected chi connectivity index (χ4v) is 2.52. The van der Waals surface area contributed by atoms with Gasteiger partial charge in [0.05, 0.1) is 28.3 Å². The summed E-state index contributed by atoms with van der Waals surface area (Å²) < 4.78 is 5.45. The minimum atomic E-state index is -0.543. The van der Waals surface area contributed by atoms with Crippen molar-refractivity contribution in [3.05, 3.63) is 33.9 Å². The number of nitro groups is 1. The number of nitrogen functional groups attached to an aromatic ring is 1. The molecule has 3 N–H and O–H groups in total. The lowest BCUT2D eigenvalue weighted by molar-refractivity contribution is -0.384. The molecule has 8 heteroatoms. The largest absolute Gasteiger partial charge is 0.376 e. The molecule has 21 heavy (non-hydrogen) atoms. The van der Waals surface area contributed by atoms with E-state index in [1.165, 1.54) is 18.2 Å². The van der Waals surface area contributed by atoms with Crippen molar-refractivity contribution in [3.8, 4) is 0 Å². The number of hydrogen-bond acceptors (Lipinski definition) is 6. The smallest absolute Gasteiger partial charge is 0.270 e. The van der Waals surface area contributed by atoms with Crippen molar-refractivity contribution < 1.29 is 14.5 Å². The van der Waals surface area contributed by atoms with Crippen LogP contribution in [0.5, 0.6) is 0 Å². The van der Waals surface area contributed by atoms with Gasteiger partial charge in [0.2, 0.25) is 0 Å². The van der Waals surface area contributed by atoms with Gasteiger partial charge in [0.15, 0.2) is 0 Å². The van der Waals surface area contributed by atoms with Gasteiger partial charge in [-0.1, -0.05) is 0 Å². The highest BCUT2D eigenvalue weighted by Crippen LogP contribution is 2.26. The van der Waals surface area contributed by atoms with E-state index < -0.39 is 4.92 Å². The van der Waals surface area contributed by atoms with Crippen molar-refractivity contribution in [1.82, 2.24) is 4.90 Å². The molecule has 1 aromatic carbocycles. The van der Waals surface area contributed by atoms with Crippen LogP contribution in [0.15, 0.2) is 18.2 Å². The molecule has 2 rings (SSSR count). The Morgan fingerprint density at radius 1 is 1.57 bits per heavy atom. The number of carbonyl (C=O) groups excluding carboxylic acids is 1. The summed E-state index contributed by atoms with van der Waals surface area (Å²) in [6, 6.07) is 3.90. The zero-order valence-corrected chi connectivity index (χ0v) is 11.9. The highest BCUT2D eigenvalue weighted by Gasteiger charge is 2.32. The lowest BCUT2D eigenvalue weighted by Crippen LogP contribution is -2.41. The molecule has 1 aliphatic rings. The van der Waals surface area contributed by atoms with E-state index in [0.29, 0.717) is 12.3 Å². The lowest BCUT2D eigenvalue weighted by Gasteiger charge is -2.27. The summed E-state index contributed by atoms with van der Waals surface area (Å²) in [5, 5.41) is 10.9. The van der Waals surface area contributed by atoms with Crippen LogP contribution in [-0.4, -0.2) is 41.5 Å². The van der Waals surface area contributed by atoms with Gasteiger partial charge in [0.25, 0.3) is 11.6 Å². The van der Waals surface area contributed by atoms with Gasteiger partial charge in [-0.05, 0) is 19.4 Å². The first-order valence-corrected chi connectivity index (χ1v) is 6.59. The Balaban J connectivity index is 2.32. The Labute approximate surface area is 122 Å². The number of likely N-dealkylation sites (N-methyl/N-ethyl adjacent to an activating group) is 1. The van der Waals surface area contributed by atoms with Crippen molar-refractivity contribution in [1.29, 1.82) is 0 Å². The maximum absolute atomic E-state index is 12.6. The monoisotopic (exact) mass is 294 g/mol. The maximum atomic E-state index is 12.6. The topological polar surface area (TPSA) is 111 Å². The number of carbonyl (C=O) groups is 1. The number of ether oxygens (including phenoxy) is 1. The third-order valence-corrected chi connectivity index (χ3v) is 3.75. The normalized spacial score (nSPS) is 21.1. The fraction of sp³-hybridized carbons (Fsp3) is 0.462. The summed E-state index contributed by atoms with van der Waals surface area (Å²) in [4.78, 5) is 24.5. The van der Waals surface area contributed by atoms with Gasteiger partial charge >= 0.3 is 0 Å². The molecule has 1 aliphatic heterocycles. The Morgan fingerprint density at radius 2 is 2.29 bits per heavy atom. The lowest BCUT2D eigenvalue weighted by atomic mass is 10.1. The number of rotatable bonds is 4. The molecule has 1 amide bonds. The number of benzene rings is 1.